The summed E-state index contributed by atoms with van der Waals surface area (Å²) in [6, 6.07) is 9.34. The molecule has 140 valence electrons. The van der Waals surface area contributed by atoms with Crippen LogP contribution in [0.5, 0.6) is 0 Å². The molecule has 7 nitrogen and oxygen atoms in total. The third-order valence-corrected chi connectivity index (χ3v) is 4.21. The van der Waals surface area contributed by atoms with Crippen molar-refractivity contribution in [3.8, 4) is 6.07 Å². The number of hydrogen-bond acceptors (Lipinski definition) is 5. The number of nitrogens with one attached hydrogen (secondary N) is 2. The van der Waals surface area contributed by atoms with Crippen molar-refractivity contribution in [1.29, 1.82) is 5.26 Å². The van der Waals surface area contributed by atoms with Crippen LogP contribution in [0.25, 0.3) is 0 Å². The molecule has 0 aliphatic carbocycles. The number of carbonyl (C=O) groups is 2. The van der Waals surface area contributed by atoms with Gasteiger partial charge in [-0.2, -0.15) is 5.26 Å². The fourth-order valence-corrected chi connectivity index (χ4v) is 2.95. The van der Waals surface area contributed by atoms with Crippen LogP contribution in [0, 0.1) is 11.3 Å². The second-order valence-corrected chi connectivity index (χ2v) is 6.89. The minimum absolute atomic E-state index is 0.00299. The Balaban J connectivity index is 1.77. The molecule has 2 rings (SSSR count). The third kappa shape index (κ3) is 6.82. The van der Waals surface area contributed by atoms with Crippen molar-refractivity contribution in [2.24, 2.45) is 0 Å². The van der Waals surface area contributed by atoms with E-state index in [2.05, 4.69) is 26.5 Å². The van der Waals surface area contributed by atoms with E-state index < -0.39 is 6.03 Å². The number of urea groups is 1. The van der Waals surface area contributed by atoms with Gasteiger partial charge in [0.1, 0.15) is 0 Å². The average molecular weight is 357 g/mol. The van der Waals surface area contributed by atoms with Gasteiger partial charge in [0.25, 0.3) is 0 Å². The molecular weight excluding hydrogens is 330 g/mol. The number of amides is 3. The minimum Gasteiger partial charge on any atom is -0.336 e. The van der Waals surface area contributed by atoms with Gasteiger partial charge in [0.2, 0.25) is 5.91 Å². The topological polar surface area (TPSA) is 88.5 Å². The van der Waals surface area contributed by atoms with E-state index in [9.17, 15) is 9.59 Å². The molecule has 3 amide bonds. The Morgan fingerprint density at radius 1 is 1.12 bits per heavy atom. The molecule has 2 N–H and O–H groups in total. The lowest BCUT2D eigenvalue weighted by atomic mass is 10.1. The summed E-state index contributed by atoms with van der Waals surface area (Å²) >= 11 is 0. The molecule has 0 radical (unpaired) electrons. The highest BCUT2D eigenvalue weighted by molar-refractivity contribution is 5.95. The van der Waals surface area contributed by atoms with Crippen LogP contribution in [-0.4, -0.2) is 60.5 Å². The van der Waals surface area contributed by atoms with Crippen LogP contribution in [0.1, 0.15) is 31.4 Å². The highest BCUT2D eigenvalue weighted by atomic mass is 16.2. The zero-order valence-electron chi connectivity index (χ0n) is 15.5. The Morgan fingerprint density at radius 3 is 2.42 bits per heavy atom. The van der Waals surface area contributed by atoms with Crippen LogP contribution in [0.15, 0.2) is 24.3 Å². The van der Waals surface area contributed by atoms with Crippen molar-refractivity contribution < 1.29 is 9.59 Å². The number of nitriles is 1. The Hall–Kier alpha value is -2.43. The van der Waals surface area contributed by atoms with Crippen molar-refractivity contribution in [3.05, 3.63) is 35.4 Å². The van der Waals surface area contributed by atoms with Crippen LogP contribution < -0.4 is 10.6 Å². The molecule has 0 saturated carbocycles. The number of imide groups is 1. The van der Waals surface area contributed by atoms with Gasteiger partial charge < -0.3 is 5.32 Å². The van der Waals surface area contributed by atoms with Gasteiger partial charge >= 0.3 is 6.03 Å². The zero-order chi connectivity index (χ0) is 18.9. The van der Waals surface area contributed by atoms with Gasteiger partial charge in [-0.3, -0.25) is 19.9 Å². The molecule has 1 fully saturated rings. The number of benzene rings is 1. The second kappa shape index (κ2) is 9.90. The molecule has 1 aromatic carbocycles. The first-order valence-electron chi connectivity index (χ1n) is 9.00. The lowest BCUT2D eigenvalue weighted by molar-refractivity contribution is -0.121. The predicted octanol–water partition coefficient (Wildman–Crippen LogP) is 1.30. The molecule has 0 unspecified atom stereocenters. The van der Waals surface area contributed by atoms with Crippen molar-refractivity contribution in [3.63, 3.8) is 0 Å². The molecule has 1 aliphatic rings. The zero-order valence-corrected chi connectivity index (χ0v) is 15.5. The van der Waals surface area contributed by atoms with Crippen molar-refractivity contribution >= 4 is 11.9 Å². The first-order valence-corrected chi connectivity index (χ1v) is 9.00. The molecular formula is C19H27N5O2. The van der Waals surface area contributed by atoms with Gasteiger partial charge in [-0.25, -0.2) is 4.79 Å². The first-order chi connectivity index (χ1) is 12.5. The Morgan fingerprint density at radius 2 is 1.77 bits per heavy atom. The molecule has 1 aromatic rings. The molecule has 1 aliphatic heterocycles. The van der Waals surface area contributed by atoms with E-state index in [-0.39, 0.29) is 18.5 Å². The number of rotatable bonds is 5. The third-order valence-electron chi connectivity index (χ3n) is 4.21. The van der Waals surface area contributed by atoms with E-state index in [0.29, 0.717) is 5.56 Å². The maximum Gasteiger partial charge on any atom is 0.321 e. The van der Waals surface area contributed by atoms with Crippen LogP contribution in [-0.2, 0) is 11.3 Å². The van der Waals surface area contributed by atoms with E-state index in [4.69, 9.17) is 5.26 Å². The van der Waals surface area contributed by atoms with E-state index in [0.717, 1.165) is 39.1 Å². The first kappa shape index (κ1) is 19.9. The normalized spacial score (nSPS) is 15.9. The van der Waals surface area contributed by atoms with Gasteiger partial charge in [-0.05, 0) is 51.1 Å². The van der Waals surface area contributed by atoms with Gasteiger partial charge in [0, 0.05) is 25.7 Å². The summed E-state index contributed by atoms with van der Waals surface area (Å²) in [5, 5.41) is 13.9. The summed E-state index contributed by atoms with van der Waals surface area (Å²) in [6.45, 7) is 8.22. The Kier molecular flexibility index (Phi) is 7.57. The highest BCUT2D eigenvalue weighted by Gasteiger charge is 2.18. The summed E-state index contributed by atoms with van der Waals surface area (Å²) in [6.07, 6.45) is 0.974. The predicted molar refractivity (Wildman–Crippen MR) is 99.3 cm³/mol. The summed E-state index contributed by atoms with van der Waals surface area (Å²) in [5.74, 6) is -0.274. The molecule has 0 aromatic heterocycles. The molecule has 1 saturated heterocycles. The fourth-order valence-electron chi connectivity index (χ4n) is 2.95. The van der Waals surface area contributed by atoms with Gasteiger partial charge in [-0.1, -0.05) is 12.1 Å². The van der Waals surface area contributed by atoms with Crippen LogP contribution >= 0.6 is 0 Å². The van der Waals surface area contributed by atoms with Crippen molar-refractivity contribution in [2.75, 3.05) is 32.7 Å². The molecule has 1 heterocycles. The van der Waals surface area contributed by atoms with Gasteiger partial charge in [0.05, 0.1) is 18.2 Å². The second-order valence-electron chi connectivity index (χ2n) is 6.89. The van der Waals surface area contributed by atoms with E-state index in [1.165, 1.54) is 5.56 Å². The average Bonchev–Trinajstić information content (AvgIpc) is 2.80. The number of hydrogen-bond donors (Lipinski definition) is 2. The SMILES string of the molecule is CC(C)NC(=O)NC(=O)CN1CCCN(Cc2ccc(C#N)cc2)CC1. The van der Waals surface area contributed by atoms with Crippen LogP contribution in [0.2, 0.25) is 0 Å². The molecule has 7 heteroatoms. The lowest BCUT2D eigenvalue weighted by Gasteiger charge is -2.21. The lowest BCUT2D eigenvalue weighted by Crippen LogP contribution is -2.46. The summed E-state index contributed by atoms with van der Waals surface area (Å²) in [7, 11) is 0. The van der Waals surface area contributed by atoms with Gasteiger partial charge in [0.15, 0.2) is 0 Å². The standard InChI is InChI=1S/C19H27N5O2/c1-15(2)21-19(26)22-18(25)14-24-9-3-8-23(10-11-24)13-17-6-4-16(12-20)5-7-17/h4-7,15H,3,8-11,13-14H2,1-2H3,(H2,21,22,25,26). The molecule has 0 spiro atoms. The maximum atomic E-state index is 12.0. The summed E-state index contributed by atoms with van der Waals surface area (Å²) in [5.41, 5.74) is 1.85. The molecule has 0 atom stereocenters. The maximum absolute atomic E-state index is 12.0. The van der Waals surface area contributed by atoms with Crippen molar-refractivity contribution in [2.45, 2.75) is 32.9 Å². The number of carbonyl (C=O) groups excluding carboxylic acids is 2. The largest absolute Gasteiger partial charge is 0.336 e. The summed E-state index contributed by atoms with van der Waals surface area (Å²) < 4.78 is 0. The van der Waals surface area contributed by atoms with Crippen LogP contribution in [0.4, 0.5) is 4.79 Å². The van der Waals surface area contributed by atoms with Gasteiger partial charge in [-0.15, -0.1) is 0 Å². The highest BCUT2D eigenvalue weighted by Crippen LogP contribution is 2.10. The van der Waals surface area contributed by atoms with E-state index in [1.54, 1.807) is 0 Å². The number of nitrogens with zero attached hydrogens (tertiary/aromatic N) is 3. The van der Waals surface area contributed by atoms with Crippen LogP contribution in [0.3, 0.4) is 0 Å². The van der Waals surface area contributed by atoms with Crippen molar-refractivity contribution in [1.82, 2.24) is 20.4 Å². The Bertz CT molecular complexity index is 651. The molecule has 0 bridgehead atoms. The monoisotopic (exact) mass is 357 g/mol. The van der Waals surface area contributed by atoms with E-state index in [1.807, 2.05) is 38.1 Å². The minimum atomic E-state index is -0.442. The quantitative estimate of drug-likeness (QED) is 0.829. The molecule has 26 heavy (non-hydrogen) atoms. The summed E-state index contributed by atoms with van der Waals surface area (Å²) in [4.78, 5) is 28.0. The Labute approximate surface area is 155 Å². The smallest absolute Gasteiger partial charge is 0.321 e. The fraction of sp³-hybridized carbons (Fsp3) is 0.526. The van der Waals surface area contributed by atoms with E-state index >= 15 is 0 Å².